The quantitative estimate of drug-likeness (QED) is 0.590. The average molecular weight is 270 g/mol. The summed E-state index contributed by atoms with van der Waals surface area (Å²) in [6.07, 6.45) is 0.629. The summed E-state index contributed by atoms with van der Waals surface area (Å²) in [6, 6.07) is 0. The molecule has 1 aromatic rings. The van der Waals surface area contributed by atoms with E-state index in [1.54, 1.807) is 10.9 Å². The maximum atomic E-state index is 9.90. The van der Waals surface area contributed by atoms with Gasteiger partial charge in [0.25, 0.3) is 0 Å². The number of anilines is 2. The molecule has 0 amide bonds. The molecule has 110 valence electrons. The van der Waals surface area contributed by atoms with Gasteiger partial charge in [-0.1, -0.05) is 27.7 Å². The molecule has 0 saturated carbocycles. The number of aliphatic hydroxyl groups is 2. The average Bonchev–Trinajstić information content (AvgIpc) is 2.67. The van der Waals surface area contributed by atoms with E-state index in [1.807, 2.05) is 27.7 Å². The van der Waals surface area contributed by atoms with Crippen molar-refractivity contribution in [1.29, 1.82) is 0 Å². The molecule has 1 rings (SSSR count). The Kier molecular flexibility index (Phi) is 5.62. The SMILES string of the molecule is CC(C)C(O)CNc1c(N)cnn1CC(O)C(C)C. The first-order valence-electron chi connectivity index (χ1n) is 6.74. The van der Waals surface area contributed by atoms with Crippen molar-refractivity contribution in [2.75, 3.05) is 17.6 Å². The summed E-state index contributed by atoms with van der Waals surface area (Å²) >= 11 is 0. The zero-order valence-electron chi connectivity index (χ0n) is 12.2. The Morgan fingerprint density at radius 2 is 1.79 bits per heavy atom. The van der Waals surface area contributed by atoms with Gasteiger partial charge in [0.05, 0.1) is 30.6 Å². The van der Waals surface area contributed by atoms with Crippen LogP contribution in [0.3, 0.4) is 0 Å². The normalized spacial score (nSPS) is 14.9. The molecule has 2 unspecified atom stereocenters. The van der Waals surface area contributed by atoms with E-state index in [1.165, 1.54) is 0 Å². The highest BCUT2D eigenvalue weighted by Crippen LogP contribution is 2.19. The molecular weight excluding hydrogens is 244 g/mol. The Morgan fingerprint density at radius 1 is 1.21 bits per heavy atom. The molecule has 6 nitrogen and oxygen atoms in total. The molecule has 5 N–H and O–H groups in total. The Labute approximate surface area is 114 Å². The number of nitrogens with zero attached hydrogens (tertiary/aromatic N) is 2. The minimum Gasteiger partial charge on any atom is -0.394 e. The molecule has 0 fully saturated rings. The second-order valence-electron chi connectivity index (χ2n) is 5.63. The number of hydrogen-bond donors (Lipinski definition) is 4. The number of aromatic nitrogens is 2. The van der Waals surface area contributed by atoms with Gasteiger partial charge < -0.3 is 21.3 Å². The maximum Gasteiger partial charge on any atom is 0.147 e. The fraction of sp³-hybridized carbons (Fsp3) is 0.769. The predicted molar refractivity (Wildman–Crippen MR) is 76.8 cm³/mol. The van der Waals surface area contributed by atoms with Gasteiger partial charge in [-0.3, -0.25) is 0 Å². The summed E-state index contributed by atoms with van der Waals surface area (Å²) in [5.74, 6) is 0.977. The van der Waals surface area contributed by atoms with E-state index in [4.69, 9.17) is 5.73 Å². The van der Waals surface area contributed by atoms with Crippen LogP contribution in [0.15, 0.2) is 6.20 Å². The Balaban J connectivity index is 2.69. The van der Waals surface area contributed by atoms with Gasteiger partial charge in [-0.05, 0) is 11.8 Å². The minimum atomic E-state index is -0.477. The van der Waals surface area contributed by atoms with Crippen LogP contribution in [0.1, 0.15) is 27.7 Å². The first-order valence-corrected chi connectivity index (χ1v) is 6.74. The fourth-order valence-electron chi connectivity index (χ4n) is 1.56. The highest BCUT2D eigenvalue weighted by atomic mass is 16.3. The van der Waals surface area contributed by atoms with Crippen LogP contribution in [0.5, 0.6) is 0 Å². The summed E-state index contributed by atoms with van der Waals surface area (Å²) in [5.41, 5.74) is 6.37. The lowest BCUT2D eigenvalue weighted by atomic mass is 10.1. The van der Waals surface area contributed by atoms with Crippen LogP contribution in [0.25, 0.3) is 0 Å². The van der Waals surface area contributed by atoms with Gasteiger partial charge in [0, 0.05) is 6.54 Å². The summed E-state index contributed by atoms with van der Waals surface area (Å²) < 4.78 is 1.65. The lowest BCUT2D eigenvalue weighted by Gasteiger charge is -2.19. The van der Waals surface area contributed by atoms with Gasteiger partial charge in [0.2, 0.25) is 0 Å². The van der Waals surface area contributed by atoms with Crippen molar-refractivity contribution in [3.05, 3.63) is 6.20 Å². The van der Waals surface area contributed by atoms with Crippen LogP contribution in [-0.4, -0.2) is 38.7 Å². The molecule has 19 heavy (non-hydrogen) atoms. The van der Waals surface area contributed by atoms with Crippen molar-refractivity contribution in [1.82, 2.24) is 9.78 Å². The number of nitrogens with two attached hydrogens (primary N) is 1. The van der Waals surface area contributed by atoms with Gasteiger partial charge >= 0.3 is 0 Å². The van der Waals surface area contributed by atoms with E-state index < -0.39 is 12.2 Å². The molecule has 1 heterocycles. The summed E-state index contributed by atoms with van der Waals surface area (Å²) in [5, 5.41) is 26.9. The van der Waals surface area contributed by atoms with Crippen molar-refractivity contribution in [3.63, 3.8) is 0 Å². The summed E-state index contributed by atoms with van der Waals surface area (Å²) in [4.78, 5) is 0. The lowest BCUT2D eigenvalue weighted by molar-refractivity contribution is 0.103. The van der Waals surface area contributed by atoms with E-state index in [0.29, 0.717) is 24.6 Å². The van der Waals surface area contributed by atoms with E-state index >= 15 is 0 Å². The standard InChI is InChI=1S/C13H26N4O2/c1-8(2)11(18)6-15-13-10(14)5-16-17(13)7-12(19)9(3)4/h5,8-9,11-12,15,18-19H,6-7,14H2,1-4H3. The van der Waals surface area contributed by atoms with Gasteiger partial charge in [-0.25, -0.2) is 4.68 Å². The molecule has 0 aromatic carbocycles. The predicted octanol–water partition coefficient (Wildman–Crippen LogP) is 0.911. The van der Waals surface area contributed by atoms with Crippen molar-refractivity contribution in [2.45, 2.75) is 46.4 Å². The molecular formula is C13H26N4O2. The molecule has 0 radical (unpaired) electrons. The van der Waals surface area contributed by atoms with Crippen LogP contribution >= 0.6 is 0 Å². The van der Waals surface area contributed by atoms with Crippen molar-refractivity contribution in [3.8, 4) is 0 Å². The van der Waals surface area contributed by atoms with Crippen LogP contribution < -0.4 is 11.1 Å². The van der Waals surface area contributed by atoms with Crippen molar-refractivity contribution in [2.24, 2.45) is 11.8 Å². The topological polar surface area (TPSA) is 96.3 Å². The molecule has 6 heteroatoms. The fourth-order valence-corrected chi connectivity index (χ4v) is 1.56. The zero-order chi connectivity index (χ0) is 14.6. The van der Waals surface area contributed by atoms with Crippen LogP contribution in [-0.2, 0) is 6.54 Å². The molecule has 0 aliphatic carbocycles. The molecule has 0 aliphatic rings. The first kappa shape index (κ1) is 15.8. The highest BCUT2D eigenvalue weighted by molar-refractivity contribution is 5.60. The number of rotatable bonds is 7. The summed E-state index contributed by atoms with van der Waals surface area (Å²) in [7, 11) is 0. The van der Waals surface area contributed by atoms with Crippen LogP contribution in [0.2, 0.25) is 0 Å². The van der Waals surface area contributed by atoms with E-state index in [0.717, 1.165) is 0 Å². The van der Waals surface area contributed by atoms with E-state index in [2.05, 4.69) is 10.4 Å². The van der Waals surface area contributed by atoms with E-state index in [-0.39, 0.29) is 11.8 Å². The monoisotopic (exact) mass is 270 g/mol. The second-order valence-corrected chi connectivity index (χ2v) is 5.63. The smallest absolute Gasteiger partial charge is 0.147 e. The molecule has 0 bridgehead atoms. The Hall–Kier alpha value is -1.27. The van der Waals surface area contributed by atoms with Crippen LogP contribution in [0.4, 0.5) is 11.5 Å². The molecule has 0 saturated heterocycles. The highest BCUT2D eigenvalue weighted by Gasteiger charge is 2.16. The Morgan fingerprint density at radius 3 is 2.32 bits per heavy atom. The third kappa shape index (κ3) is 4.40. The van der Waals surface area contributed by atoms with Crippen LogP contribution in [0, 0.1) is 11.8 Å². The maximum absolute atomic E-state index is 9.90. The molecule has 2 atom stereocenters. The van der Waals surface area contributed by atoms with E-state index in [9.17, 15) is 10.2 Å². The number of nitrogen functional groups attached to an aromatic ring is 1. The van der Waals surface area contributed by atoms with Crippen molar-refractivity contribution < 1.29 is 10.2 Å². The van der Waals surface area contributed by atoms with Gasteiger partial charge in [-0.2, -0.15) is 5.10 Å². The number of nitrogens with one attached hydrogen (secondary N) is 1. The summed E-state index contributed by atoms with van der Waals surface area (Å²) in [6.45, 7) is 8.60. The molecule has 1 aromatic heterocycles. The first-order chi connectivity index (χ1) is 8.82. The van der Waals surface area contributed by atoms with Gasteiger partial charge in [0.15, 0.2) is 0 Å². The second kappa shape index (κ2) is 6.77. The minimum absolute atomic E-state index is 0.152. The Bertz CT molecular complexity index is 390. The van der Waals surface area contributed by atoms with Gasteiger partial charge in [0.1, 0.15) is 5.82 Å². The lowest BCUT2D eigenvalue weighted by Crippen LogP contribution is -2.28. The molecule has 0 aliphatic heterocycles. The number of aliphatic hydroxyl groups excluding tert-OH is 2. The zero-order valence-corrected chi connectivity index (χ0v) is 12.2. The largest absolute Gasteiger partial charge is 0.394 e. The van der Waals surface area contributed by atoms with Gasteiger partial charge in [-0.15, -0.1) is 0 Å². The number of hydrogen-bond acceptors (Lipinski definition) is 5. The molecule has 0 spiro atoms. The van der Waals surface area contributed by atoms with Crippen molar-refractivity contribution >= 4 is 11.5 Å². The third-order valence-corrected chi connectivity index (χ3v) is 3.25. The third-order valence-electron chi connectivity index (χ3n) is 3.25.